The standard InChI is InChI=1S/C16H33BN4O7S/c1-16(19)11-20(9-12(16)3-2-6-17(24)25)29(26,27)21(10-14(18)15(22)23)13-4-7-28-8-5-13/h12-14,24-25H,2-11,18-19H2,1H3,(H,22,23)/t12-,14?,16-/m0/s1. The highest BCUT2D eigenvalue weighted by Gasteiger charge is 2.47. The van der Waals surface area contributed by atoms with Crippen LogP contribution < -0.4 is 11.5 Å². The number of nitrogens with zero attached hydrogens (tertiary/aromatic N) is 2. The van der Waals surface area contributed by atoms with E-state index in [9.17, 15) is 18.3 Å². The summed E-state index contributed by atoms with van der Waals surface area (Å²) in [6.45, 7) is 2.56. The average Bonchev–Trinajstić information content (AvgIpc) is 2.95. The van der Waals surface area contributed by atoms with Gasteiger partial charge in [0.05, 0.1) is 0 Å². The van der Waals surface area contributed by atoms with Crippen LogP contribution in [0.3, 0.4) is 0 Å². The molecule has 2 aliphatic heterocycles. The largest absolute Gasteiger partial charge is 0.480 e. The van der Waals surface area contributed by atoms with E-state index in [0.717, 1.165) is 0 Å². The first-order chi connectivity index (χ1) is 13.4. The molecule has 0 aromatic rings. The highest BCUT2D eigenvalue weighted by molar-refractivity contribution is 7.86. The van der Waals surface area contributed by atoms with Crippen molar-refractivity contribution >= 4 is 23.3 Å². The van der Waals surface area contributed by atoms with Crippen molar-refractivity contribution in [2.45, 2.75) is 56.5 Å². The molecule has 0 radical (unpaired) electrons. The second-order valence-corrected chi connectivity index (χ2v) is 10.2. The van der Waals surface area contributed by atoms with Gasteiger partial charge in [-0.3, -0.25) is 4.79 Å². The molecule has 0 spiro atoms. The summed E-state index contributed by atoms with van der Waals surface area (Å²) >= 11 is 0. The van der Waals surface area contributed by atoms with Gasteiger partial charge in [-0.2, -0.15) is 17.0 Å². The zero-order chi connectivity index (χ0) is 21.8. The molecule has 0 saturated carbocycles. The summed E-state index contributed by atoms with van der Waals surface area (Å²) in [5.41, 5.74) is 11.3. The van der Waals surface area contributed by atoms with Gasteiger partial charge in [0, 0.05) is 44.4 Å². The lowest BCUT2D eigenvalue weighted by molar-refractivity contribution is -0.138. The zero-order valence-corrected chi connectivity index (χ0v) is 17.6. The quantitative estimate of drug-likeness (QED) is 0.243. The van der Waals surface area contributed by atoms with Crippen LogP contribution in [-0.2, 0) is 19.7 Å². The van der Waals surface area contributed by atoms with Crippen molar-refractivity contribution in [2.24, 2.45) is 17.4 Å². The number of aliphatic carboxylic acids is 1. The lowest BCUT2D eigenvalue weighted by Crippen LogP contribution is -2.55. The van der Waals surface area contributed by atoms with Crippen LogP contribution in [0.2, 0.25) is 6.32 Å². The van der Waals surface area contributed by atoms with E-state index < -0.39 is 34.9 Å². The van der Waals surface area contributed by atoms with Gasteiger partial charge in [0.1, 0.15) is 6.04 Å². The van der Waals surface area contributed by atoms with Crippen LogP contribution in [0.25, 0.3) is 0 Å². The molecule has 2 rings (SSSR count). The maximum Gasteiger partial charge on any atom is 0.451 e. The van der Waals surface area contributed by atoms with Gasteiger partial charge in [0.25, 0.3) is 10.2 Å². The lowest BCUT2D eigenvalue weighted by Gasteiger charge is -2.36. The van der Waals surface area contributed by atoms with Crippen LogP contribution in [0.4, 0.5) is 0 Å². The third-order valence-electron chi connectivity index (χ3n) is 5.80. The second kappa shape index (κ2) is 10.0. The number of carboxylic acid groups (broad SMARTS) is 1. The summed E-state index contributed by atoms with van der Waals surface area (Å²) in [6.07, 6.45) is 2.20. The van der Waals surface area contributed by atoms with E-state index in [1.165, 1.54) is 8.61 Å². The van der Waals surface area contributed by atoms with Crippen LogP contribution in [-0.4, -0.2) is 95.7 Å². The summed E-state index contributed by atoms with van der Waals surface area (Å²) in [4.78, 5) is 11.2. The Morgan fingerprint density at radius 2 is 2.00 bits per heavy atom. The third-order valence-corrected chi connectivity index (χ3v) is 7.77. The van der Waals surface area contributed by atoms with E-state index >= 15 is 0 Å². The molecule has 0 aromatic heterocycles. The van der Waals surface area contributed by atoms with Gasteiger partial charge in [-0.05, 0) is 38.4 Å². The van der Waals surface area contributed by atoms with Crippen LogP contribution in [0.1, 0.15) is 32.6 Å². The van der Waals surface area contributed by atoms with E-state index in [2.05, 4.69) is 0 Å². The summed E-state index contributed by atoms with van der Waals surface area (Å²) in [5.74, 6) is -1.41. The molecular weight excluding hydrogens is 403 g/mol. The predicted octanol–water partition coefficient (Wildman–Crippen LogP) is -1.97. The summed E-state index contributed by atoms with van der Waals surface area (Å²) in [5, 5.41) is 27.2. The molecule has 168 valence electrons. The number of hydrogen-bond acceptors (Lipinski definition) is 8. The second-order valence-electron chi connectivity index (χ2n) is 8.27. The summed E-state index contributed by atoms with van der Waals surface area (Å²) in [6, 6.07) is -1.71. The highest BCUT2D eigenvalue weighted by atomic mass is 32.2. The van der Waals surface area contributed by atoms with E-state index in [0.29, 0.717) is 38.9 Å². The lowest BCUT2D eigenvalue weighted by atomic mass is 9.79. The first-order valence-electron chi connectivity index (χ1n) is 9.93. The molecule has 29 heavy (non-hydrogen) atoms. The molecule has 2 aliphatic rings. The zero-order valence-electron chi connectivity index (χ0n) is 16.8. The molecule has 3 atom stereocenters. The summed E-state index contributed by atoms with van der Waals surface area (Å²) < 4.78 is 34.7. The molecular formula is C16H33BN4O7S. The van der Waals surface area contributed by atoms with Crippen LogP contribution in [0.5, 0.6) is 0 Å². The fraction of sp³-hybridized carbons (Fsp3) is 0.938. The van der Waals surface area contributed by atoms with Gasteiger partial charge in [0.2, 0.25) is 0 Å². The molecule has 11 nitrogen and oxygen atoms in total. The van der Waals surface area contributed by atoms with Crippen LogP contribution in [0.15, 0.2) is 0 Å². The van der Waals surface area contributed by atoms with Gasteiger partial charge in [-0.25, -0.2) is 0 Å². The van der Waals surface area contributed by atoms with Crippen molar-refractivity contribution in [1.29, 1.82) is 0 Å². The summed E-state index contributed by atoms with van der Waals surface area (Å²) in [7, 11) is -5.39. The average molecular weight is 436 g/mol. The number of ether oxygens (including phenoxy) is 1. The smallest absolute Gasteiger partial charge is 0.451 e. The number of rotatable bonds is 10. The van der Waals surface area contributed by atoms with Gasteiger partial charge < -0.3 is 31.4 Å². The minimum atomic E-state index is -3.99. The minimum Gasteiger partial charge on any atom is -0.480 e. The van der Waals surface area contributed by atoms with Gasteiger partial charge in [0.15, 0.2) is 0 Å². The monoisotopic (exact) mass is 436 g/mol. The fourth-order valence-electron chi connectivity index (χ4n) is 4.00. The minimum absolute atomic E-state index is 0.101. The molecule has 0 bridgehead atoms. The van der Waals surface area contributed by atoms with Gasteiger partial charge >= 0.3 is 13.1 Å². The Hall–Kier alpha value is -0.795. The Kier molecular flexibility index (Phi) is 8.45. The first-order valence-corrected chi connectivity index (χ1v) is 11.3. The highest BCUT2D eigenvalue weighted by Crippen LogP contribution is 2.33. The Bertz CT molecular complexity index is 658. The van der Waals surface area contributed by atoms with Crippen molar-refractivity contribution in [3.8, 4) is 0 Å². The normalized spacial score (nSPS) is 28.0. The van der Waals surface area contributed by atoms with E-state index in [4.69, 9.17) is 26.3 Å². The Morgan fingerprint density at radius 3 is 2.55 bits per heavy atom. The van der Waals surface area contributed by atoms with Crippen LogP contribution >= 0.6 is 0 Å². The fourth-order valence-corrected chi connectivity index (χ4v) is 6.04. The molecule has 2 fully saturated rings. The first kappa shape index (κ1) is 24.5. The van der Waals surface area contributed by atoms with Crippen molar-refractivity contribution in [3.05, 3.63) is 0 Å². The van der Waals surface area contributed by atoms with E-state index in [-0.39, 0.29) is 37.9 Å². The molecule has 2 saturated heterocycles. The number of carbonyl (C=O) groups is 1. The SMILES string of the molecule is C[C@]1(N)CN(S(=O)(=O)N(CC(N)C(=O)O)C2CCOCC2)C[C@@H]1CCCB(O)O. The van der Waals surface area contributed by atoms with Crippen LogP contribution in [0, 0.1) is 5.92 Å². The molecule has 2 heterocycles. The maximum atomic E-state index is 13.4. The molecule has 0 aromatic carbocycles. The van der Waals surface area contributed by atoms with E-state index in [1.54, 1.807) is 6.92 Å². The molecule has 13 heteroatoms. The van der Waals surface area contributed by atoms with E-state index in [1.807, 2.05) is 0 Å². The topological polar surface area (TPSA) is 180 Å². The number of carboxylic acids is 1. The number of hydrogen-bond donors (Lipinski definition) is 5. The molecule has 0 aliphatic carbocycles. The van der Waals surface area contributed by atoms with Crippen molar-refractivity contribution in [3.63, 3.8) is 0 Å². The maximum absolute atomic E-state index is 13.4. The van der Waals surface area contributed by atoms with Crippen molar-refractivity contribution < 1.29 is 33.1 Å². The van der Waals surface area contributed by atoms with Crippen molar-refractivity contribution in [2.75, 3.05) is 32.8 Å². The molecule has 0 amide bonds. The molecule has 7 N–H and O–H groups in total. The Morgan fingerprint density at radius 1 is 1.38 bits per heavy atom. The van der Waals surface area contributed by atoms with Crippen molar-refractivity contribution in [1.82, 2.24) is 8.61 Å². The van der Waals surface area contributed by atoms with Gasteiger partial charge in [-0.15, -0.1) is 0 Å². The predicted molar refractivity (Wildman–Crippen MR) is 107 cm³/mol. The third kappa shape index (κ3) is 6.34. The Labute approximate surface area is 172 Å². The van der Waals surface area contributed by atoms with Gasteiger partial charge in [-0.1, -0.05) is 6.42 Å². The number of nitrogens with two attached hydrogens (primary N) is 2. The molecule has 1 unspecified atom stereocenters. The Balaban J connectivity index is 2.17.